The van der Waals surface area contributed by atoms with E-state index in [0.717, 1.165) is 30.4 Å². The van der Waals surface area contributed by atoms with Gasteiger partial charge in [-0.05, 0) is 36.8 Å². The van der Waals surface area contributed by atoms with Crippen molar-refractivity contribution in [2.24, 2.45) is 11.8 Å². The lowest BCUT2D eigenvalue weighted by Crippen LogP contribution is -2.20. The maximum atomic E-state index is 13.2. The molecule has 0 aliphatic heterocycles. The Kier molecular flexibility index (Phi) is 10.0. The van der Waals surface area contributed by atoms with Crippen LogP contribution in [0.25, 0.3) is 0 Å². The van der Waals surface area contributed by atoms with Crippen LogP contribution in [0.4, 0.5) is 8.78 Å². The van der Waals surface area contributed by atoms with Crippen LogP contribution in [0.1, 0.15) is 90.4 Å². The van der Waals surface area contributed by atoms with Gasteiger partial charge in [0.2, 0.25) is 0 Å². The summed E-state index contributed by atoms with van der Waals surface area (Å²) in [5.41, 5.74) is 0. The molecule has 0 amide bonds. The molecule has 3 heteroatoms. The molecule has 0 N–H and O–H groups in total. The number of rotatable bonds is 12. The minimum Gasteiger partial charge on any atom is -0.493 e. The van der Waals surface area contributed by atoms with Crippen LogP contribution in [0.5, 0.6) is 5.75 Å². The Bertz CT molecular complexity index is 503. The summed E-state index contributed by atoms with van der Waals surface area (Å²) in [5.74, 6) is 0.480. The molecule has 0 bridgehead atoms. The Morgan fingerprint density at radius 1 is 0.846 bits per heavy atom. The monoisotopic (exact) mass is 366 g/mol. The molecular weight excluding hydrogens is 330 g/mol. The lowest BCUT2D eigenvalue weighted by Gasteiger charge is -2.31. The van der Waals surface area contributed by atoms with E-state index in [9.17, 15) is 8.78 Å². The normalized spacial score (nSPS) is 20.3. The first-order chi connectivity index (χ1) is 12.7. The van der Waals surface area contributed by atoms with Crippen LogP contribution in [0.2, 0.25) is 0 Å². The fourth-order valence-electron chi connectivity index (χ4n) is 4.33. The Balaban J connectivity index is 1.63. The van der Waals surface area contributed by atoms with Crippen LogP contribution in [0.15, 0.2) is 18.2 Å². The molecule has 1 saturated carbocycles. The van der Waals surface area contributed by atoms with Crippen molar-refractivity contribution in [3.8, 4) is 5.75 Å². The van der Waals surface area contributed by atoms with Crippen LogP contribution < -0.4 is 4.74 Å². The van der Waals surface area contributed by atoms with Crippen LogP contribution in [-0.2, 0) is 0 Å². The molecule has 0 heterocycles. The van der Waals surface area contributed by atoms with Crippen molar-refractivity contribution >= 4 is 0 Å². The molecule has 1 nitrogen and oxygen atoms in total. The second-order valence-electron chi connectivity index (χ2n) is 7.93. The molecule has 0 radical (unpaired) electrons. The summed E-state index contributed by atoms with van der Waals surface area (Å²) >= 11 is 0. The molecule has 2 unspecified atom stereocenters. The van der Waals surface area contributed by atoms with E-state index < -0.39 is 11.6 Å². The van der Waals surface area contributed by atoms with Gasteiger partial charge in [0, 0.05) is 6.07 Å². The maximum Gasteiger partial charge on any atom is 0.162 e. The standard InChI is InChI=1S/C23H36F2O/c1-2-3-4-5-6-7-11-19-12-8-9-13-20(19)14-10-17-26-21-15-16-22(24)23(25)18-21/h15-16,18-20H,2-14,17H2,1H3. The highest BCUT2D eigenvalue weighted by atomic mass is 19.2. The van der Waals surface area contributed by atoms with E-state index in [1.807, 2.05) is 0 Å². The van der Waals surface area contributed by atoms with Crippen LogP contribution >= 0.6 is 0 Å². The van der Waals surface area contributed by atoms with Gasteiger partial charge in [-0.25, -0.2) is 8.78 Å². The lowest BCUT2D eigenvalue weighted by molar-refractivity contribution is 0.190. The average molecular weight is 367 g/mol. The van der Waals surface area contributed by atoms with Crippen molar-refractivity contribution in [1.29, 1.82) is 0 Å². The molecule has 1 aromatic rings. The van der Waals surface area contributed by atoms with Gasteiger partial charge in [0.05, 0.1) is 6.61 Å². The second-order valence-corrected chi connectivity index (χ2v) is 7.93. The number of ether oxygens (including phenoxy) is 1. The predicted octanol–water partition coefficient (Wildman–Crippen LogP) is 7.68. The number of hydrogen-bond donors (Lipinski definition) is 0. The first-order valence-corrected chi connectivity index (χ1v) is 10.8. The zero-order chi connectivity index (χ0) is 18.6. The third-order valence-electron chi connectivity index (χ3n) is 5.87. The maximum absolute atomic E-state index is 13.2. The summed E-state index contributed by atoms with van der Waals surface area (Å²) in [6.45, 7) is 2.86. The number of halogens is 2. The van der Waals surface area contributed by atoms with E-state index in [1.54, 1.807) is 0 Å². The Labute approximate surface area is 158 Å². The van der Waals surface area contributed by atoms with E-state index in [4.69, 9.17) is 4.74 Å². The third-order valence-corrected chi connectivity index (χ3v) is 5.87. The van der Waals surface area contributed by atoms with Crippen molar-refractivity contribution in [3.63, 3.8) is 0 Å². The third kappa shape index (κ3) is 7.63. The van der Waals surface area contributed by atoms with E-state index in [-0.39, 0.29) is 0 Å². The molecule has 2 rings (SSSR count). The molecule has 2 atom stereocenters. The molecule has 0 aromatic heterocycles. The Hall–Kier alpha value is -1.12. The molecule has 26 heavy (non-hydrogen) atoms. The van der Waals surface area contributed by atoms with E-state index in [1.165, 1.54) is 83.1 Å². The van der Waals surface area contributed by atoms with Gasteiger partial charge in [0.15, 0.2) is 11.6 Å². The highest BCUT2D eigenvalue weighted by Crippen LogP contribution is 2.36. The van der Waals surface area contributed by atoms with E-state index in [2.05, 4.69) is 6.92 Å². The van der Waals surface area contributed by atoms with Gasteiger partial charge in [-0.15, -0.1) is 0 Å². The minimum absolute atomic E-state index is 0.427. The van der Waals surface area contributed by atoms with Gasteiger partial charge >= 0.3 is 0 Å². The summed E-state index contributed by atoms with van der Waals surface area (Å²) in [5, 5.41) is 0. The lowest BCUT2D eigenvalue weighted by atomic mass is 9.74. The fourth-order valence-corrected chi connectivity index (χ4v) is 4.33. The first-order valence-electron chi connectivity index (χ1n) is 10.8. The molecule has 1 fully saturated rings. The minimum atomic E-state index is -0.839. The summed E-state index contributed by atoms with van der Waals surface area (Å²) in [6.07, 6.45) is 17.3. The molecule has 1 aliphatic rings. The quantitative estimate of drug-likeness (QED) is 0.345. The van der Waals surface area contributed by atoms with Crippen molar-refractivity contribution in [2.75, 3.05) is 6.61 Å². The molecule has 1 aliphatic carbocycles. The highest BCUT2D eigenvalue weighted by Gasteiger charge is 2.24. The SMILES string of the molecule is CCCCCCCCC1CCCCC1CCCOc1ccc(F)c(F)c1. The van der Waals surface area contributed by atoms with Gasteiger partial charge in [0.25, 0.3) is 0 Å². The Morgan fingerprint density at radius 2 is 1.50 bits per heavy atom. The first kappa shape index (κ1) is 21.2. The van der Waals surface area contributed by atoms with Crippen molar-refractivity contribution < 1.29 is 13.5 Å². The predicted molar refractivity (Wildman–Crippen MR) is 105 cm³/mol. The molecule has 0 saturated heterocycles. The van der Waals surface area contributed by atoms with Gasteiger partial charge in [0.1, 0.15) is 5.75 Å². The topological polar surface area (TPSA) is 9.23 Å². The summed E-state index contributed by atoms with van der Waals surface area (Å²) in [6, 6.07) is 3.76. The average Bonchev–Trinajstić information content (AvgIpc) is 2.65. The van der Waals surface area contributed by atoms with Crippen molar-refractivity contribution in [2.45, 2.75) is 90.4 Å². The van der Waals surface area contributed by atoms with E-state index in [0.29, 0.717) is 12.4 Å². The number of benzene rings is 1. The summed E-state index contributed by atoms with van der Waals surface area (Å²) < 4.78 is 31.7. The van der Waals surface area contributed by atoms with Crippen molar-refractivity contribution in [3.05, 3.63) is 29.8 Å². The van der Waals surface area contributed by atoms with Crippen LogP contribution in [0, 0.1) is 23.5 Å². The zero-order valence-corrected chi connectivity index (χ0v) is 16.5. The van der Waals surface area contributed by atoms with E-state index >= 15 is 0 Å². The zero-order valence-electron chi connectivity index (χ0n) is 16.5. The van der Waals surface area contributed by atoms with Gasteiger partial charge in [-0.3, -0.25) is 0 Å². The Morgan fingerprint density at radius 3 is 2.19 bits per heavy atom. The van der Waals surface area contributed by atoms with Crippen LogP contribution in [0.3, 0.4) is 0 Å². The summed E-state index contributed by atoms with van der Waals surface area (Å²) in [7, 11) is 0. The second kappa shape index (κ2) is 12.3. The number of unbranched alkanes of at least 4 members (excludes halogenated alkanes) is 5. The highest BCUT2D eigenvalue weighted by molar-refractivity contribution is 5.23. The van der Waals surface area contributed by atoms with Crippen molar-refractivity contribution in [1.82, 2.24) is 0 Å². The molecule has 1 aromatic carbocycles. The molecular formula is C23H36F2O. The molecule has 0 spiro atoms. The largest absolute Gasteiger partial charge is 0.493 e. The van der Waals surface area contributed by atoms with Gasteiger partial charge in [-0.1, -0.05) is 77.6 Å². The smallest absolute Gasteiger partial charge is 0.162 e. The van der Waals surface area contributed by atoms with Gasteiger partial charge < -0.3 is 4.74 Å². The van der Waals surface area contributed by atoms with Crippen LogP contribution in [-0.4, -0.2) is 6.61 Å². The van der Waals surface area contributed by atoms with Gasteiger partial charge in [-0.2, -0.15) is 0 Å². The molecule has 148 valence electrons. The number of hydrogen-bond acceptors (Lipinski definition) is 1. The summed E-state index contributed by atoms with van der Waals surface area (Å²) in [4.78, 5) is 0. The fraction of sp³-hybridized carbons (Fsp3) is 0.739.